The summed E-state index contributed by atoms with van der Waals surface area (Å²) in [6, 6.07) is 16.8. The van der Waals surface area contributed by atoms with Crippen LogP contribution >= 0.6 is 11.8 Å². The number of hydrogen-bond acceptors (Lipinski definition) is 5. The van der Waals surface area contributed by atoms with Crippen LogP contribution in [-0.2, 0) is 9.53 Å². The smallest absolute Gasteiger partial charge is 0.339 e. The lowest BCUT2D eigenvalue weighted by Crippen LogP contribution is -2.39. The van der Waals surface area contributed by atoms with Crippen LogP contribution in [0.2, 0.25) is 0 Å². The summed E-state index contributed by atoms with van der Waals surface area (Å²) in [5, 5.41) is 9.34. The van der Waals surface area contributed by atoms with Gasteiger partial charge in [-0.1, -0.05) is 56.8 Å². The molecule has 0 spiro atoms. The van der Waals surface area contributed by atoms with Crippen molar-refractivity contribution in [3.8, 4) is 6.07 Å². The Balaban J connectivity index is 1.43. The Kier molecular flexibility index (Phi) is 6.05. The second-order valence-electron chi connectivity index (χ2n) is 10.0. The molecule has 2 aromatic rings. The summed E-state index contributed by atoms with van der Waals surface area (Å²) >= 11 is 1.35. The molecular weight excluding hydrogens is 420 g/mol. The molecule has 2 fully saturated rings. The number of hydrogen-bond donors (Lipinski definition) is 0. The number of nitrogens with zero attached hydrogens (tertiary/aromatic N) is 2. The van der Waals surface area contributed by atoms with Crippen LogP contribution in [0.25, 0.3) is 0 Å². The molecule has 166 valence electrons. The number of nitriles is 1. The molecule has 1 aliphatic carbocycles. The topological polar surface area (TPSA) is 70.4 Å². The van der Waals surface area contributed by atoms with Gasteiger partial charge in [-0.15, -0.1) is 0 Å². The van der Waals surface area contributed by atoms with Crippen LogP contribution in [0.1, 0.15) is 56.0 Å². The van der Waals surface area contributed by atoms with Crippen LogP contribution in [0, 0.1) is 22.2 Å². The van der Waals surface area contributed by atoms with E-state index in [-0.39, 0.29) is 29.4 Å². The zero-order valence-electron chi connectivity index (χ0n) is 18.8. The summed E-state index contributed by atoms with van der Waals surface area (Å²) in [5.41, 5.74) is 1.31. The lowest BCUT2D eigenvalue weighted by molar-refractivity contribution is -0.135. The first kappa shape index (κ1) is 22.4. The third-order valence-electron chi connectivity index (χ3n) is 6.40. The van der Waals surface area contributed by atoms with Crippen LogP contribution in [-0.4, -0.2) is 36.0 Å². The normalized spacial score (nSPS) is 23.4. The molecule has 0 radical (unpaired) electrons. The van der Waals surface area contributed by atoms with Gasteiger partial charge in [0.05, 0.1) is 11.1 Å². The molecule has 1 saturated carbocycles. The largest absolute Gasteiger partial charge is 0.452 e. The van der Waals surface area contributed by atoms with E-state index in [2.05, 4.69) is 26.8 Å². The van der Waals surface area contributed by atoms with E-state index in [9.17, 15) is 14.9 Å². The average Bonchev–Trinajstić information content (AvgIpc) is 3.01. The van der Waals surface area contributed by atoms with Crippen molar-refractivity contribution < 1.29 is 14.3 Å². The molecule has 6 heteroatoms. The number of amides is 1. The monoisotopic (exact) mass is 448 g/mol. The number of rotatable bonds is 5. The van der Waals surface area contributed by atoms with Gasteiger partial charge in [-0.2, -0.15) is 5.26 Å². The van der Waals surface area contributed by atoms with Gasteiger partial charge in [0, 0.05) is 22.4 Å². The van der Waals surface area contributed by atoms with E-state index >= 15 is 0 Å². The summed E-state index contributed by atoms with van der Waals surface area (Å²) in [5.74, 6) is -0.644. The highest BCUT2D eigenvalue weighted by Gasteiger charge is 2.50. The minimum atomic E-state index is -0.524. The zero-order chi connectivity index (χ0) is 22.9. The third kappa shape index (κ3) is 4.68. The van der Waals surface area contributed by atoms with Crippen molar-refractivity contribution in [3.63, 3.8) is 0 Å². The zero-order valence-corrected chi connectivity index (χ0v) is 19.6. The van der Waals surface area contributed by atoms with Crippen molar-refractivity contribution in [2.24, 2.45) is 10.8 Å². The van der Waals surface area contributed by atoms with Crippen molar-refractivity contribution in [1.82, 2.24) is 4.90 Å². The Hall–Kier alpha value is -2.78. The predicted octanol–water partition coefficient (Wildman–Crippen LogP) is 5.29. The highest BCUT2D eigenvalue weighted by atomic mass is 32.2. The SMILES string of the molecule is CC1(C)C[C@H]2C[C@](C)(CN2C(=O)COC(=O)c2ccccc2Sc2ccccc2C#N)C1. The van der Waals surface area contributed by atoms with E-state index in [0.29, 0.717) is 16.0 Å². The summed E-state index contributed by atoms with van der Waals surface area (Å²) in [7, 11) is 0. The maximum atomic E-state index is 12.9. The molecule has 2 aromatic carbocycles. The lowest BCUT2D eigenvalue weighted by atomic mass is 9.65. The van der Waals surface area contributed by atoms with Crippen molar-refractivity contribution in [2.45, 2.75) is 55.9 Å². The second-order valence-corrected chi connectivity index (χ2v) is 11.1. The standard InChI is InChI=1S/C26H28N2O3S/c1-25(2)12-19-13-26(3,16-25)17-28(19)23(29)15-31-24(30)20-9-5-7-11-22(20)32-21-10-6-4-8-18(21)14-27/h4-11,19H,12-13,15-17H2,1-3H3/t19-,26-/m0/s1. The molecule has 0 aromatic heterocycles. The van der Waals surface area contributed by atoms with E-state index < -0.39 is 5.97 Å². The molecule has 2 aliphatic rings. The Labute approximate surface area is 193 Å². The Morgan fingerprint density at radius 2 is 1.78 bits per heavy atom. The fourth-order valence-electron chi connectivity index (χ4n) is 5.53. The van der Waals surface area contributed by atoms with E-state index in [0.717, 1.165) is 30.7 Å². The number of benzene rings is 2. The first-order valence-electron chi connectivity index (χ1n) is 10.9. The minimum Gasteiger partial charge on any atom is -0.452 e. The molecule has 1 saturated heterocycles. The highest BCUT2D eigenvalue weighted by molar-refractivity contribution is 7.99. The molecule has 1 aliphatic heterocycles. The van der Waals surface area contributed by atoms with Crippen LogP contribution in [0.4, 0.5) is 0 Å². The first-order valence-corrected chi connectivity index (χ1v) is 11.7. The number of ether oxygens (including phenoxy) is 1. The van der Waals surface area contributed by atoms with E-state index in [1.165, 1.54) is 11.8 Å². The molecule has 0 unspecified atom stereocenters. The number of likely N-dealkylation sites (tertiary alicyclic amines) is 1. The van der Waals surface area contributed by atoms with Crippen molar-refractivity contribution in [1.29, 1.82) is 5.26 Å². The first-order chi connectivity index (χ1) is 15.2. The van der Waals surface area contributed by atoms with Gasteiger partial charge < -0.3 is 9.64 Å². The number of esters is 1. The van der Waals surface area contributed by atoms with Gasteiger partial charge in [0.1, 0.15) is 6.07 Å². The van der Waals surface area contributed by atoms with Crippen LogP contribution < -0.4 is 0 Å². The number of carbonyl (C=O) groups excluding carboxylic acids is 2. The fraction of sp³-hybridized carbons (Fsp3) is 0.423. The second kappa shape index (κ2) is 8.63. The summed E-state index contributed by atoms with van der Waals surface area (Å²) < 4.78 is 5.46. The van der Waals surface area contributed by atoms with Gasteiger partial charge in [-0.05, 0) is 54.4 Å². The Morgan fingerprint density at radius 1 is 1.09 bits per heavy atom. The molecule has 2 bridgehead atoms. The molecule has 1 amide bonds. The number of fused-ring (bicyclic) bond motifs is 2. The molecule has 1 heterocycles. The summed E-state index contributed by atoms with van der Waals surface area (Å²) in [6.07, 6.45) is 3.11. The minimum absolute atomic E-state index is 0.121. The molecule has 32 heavy (non-hydrogen) atoms. The Morgan fingerprint density at radius 3 is 2.53 bits per heavy atom. The molecule has 5 nitrogen and oxygen atoms in total. The molecule has 4 rings (SSSR count). The average molecular weight is 449 g/mol. The van der Waals surface area contributed by atoms with Gasteiger partial charge in [0.25, 0.3) is 5.91 Å². The van der Waals surface area contributed by atoms with Crippen LogP contribution in [0.5, 0.6) is 0 Å². The molecular formula is C26H28N2O3S. The maximum Gasteiger partial charge on any atom is 0.339 e. The van der Waals surface area contributed by atoms with E-state index in [1.807, 2.05) is 35.2 Å². The van der Waals surface area contributed by atoms with Gasteiger partial charge in [0.15, 0.2) is 6.61 Å². The van der Waals surface area contributed by atoms with E-state index in [1.54, 1.807) is 18.2 Å². The van der Waals surface area contributed by atoms with Gasteiger partial charge in [-0.3, -0.25) is 4.79 Å². The fourth-order valence-corrected chi connectivity index (χ4v) is 6.55. The van der Waals surface area contributed by atoms with Crippen molar-refractivity contribution >= 4 is 23.6 Å². The Bertz CT molecular complexity index is 1090. The van der Waals surface area contributed by atoms with Gasteiger partial charge in [0.2, 0.25) is 0 Å². The van der Waals surface area contributed by atoms with Crippen LogP contribution in [0.3, 0.4) is 0 Å². The lowest BCUT2D eigenvalue weighted by Gasteiger charge is -2.39. The molecule has 2 atom stereocenters. The van der Waals surface area contributed by atoms with Crippen molar-refractivity contribution in [2.75, 3.05) is 13.2 Å². The third-order valence-corrected chi connectivity index (χ3v) is 7.55. The summed E-state index contributed by atoms with van der Waals surface area (Å²) in [4.78, 5) is 29.2. The van der Waals surface area contributed by atoms with Crippen LogP contribution in [0.15, 0.2) is 58.3 Å². The summed E-state index contributed by atoms with van der Waals surface area (Å²) in [6.45, 7) is 7.27. The van der Waals surface area contributed by atoms with E-state index in [4.69, 9.17) is 4.74 Å². The highest BCUT2D eigenvalue weighted by Crippen LogP contribution is 2.52. The quantitative estimate of drug-likeness (QED) is 0.581. The van der Waals surface area contributed by atoms with Gasteiger partial charge in [-0.25, -0.2) is 4.79 Å². The van der Waals surface area contributed by atoms with Gasteiger partial charge >= 0.3 is 5.97 Å². The van der Waals surface area contributed by atoms with Crippen molar-refractivity contribution in [3.05, 3.63) is 59.7 Å². The number of carbonyl (C=O) groups is 2. The molecule has 0 N–H and O–H groups in total. The maximum absolute atomic E-state index is 12.9. The predicted molar refractivity (Wildman–Crippen MR) is 123 cm³/mol.